The molecule has 1 unspecified atom stereocenters. The molecule has 0 bridgehead atoms. The number of carbonyl (C=O) groups excluding carboxylic acids is 1. The maximum absolute atomic E-state index is 13.0. The van der Waals surface area contributed by atoms with Crippen molar-refractivity contribution in [2.75, 3.05) is 11.4 Å². The van der Waals surface area contributed by atoms with Crippen molar-refractivity contribution >= 4 is 37.5 Å². The van der Waals surface area contributed by atoms with Gasteiger partial charge < -0.3 is 0 Å². The first-order valence-corrected chi connectivity index (χ1v) is 9.53. The van der Waals surface area contributed by atoms with Crippen molar-refractivity contribution in [2.45, 2.75) is 24.0 Å². The number of pyridine rings is 1. The Balaban J connectivity index is 2.32. The molecule has 128 valence electrons. The van der Waals surface area contributed by atoms with Gasteiger partial charge in [-0.25, -0.2) is 17.8 Å². The first-order valence-electron chi connectivity index (χ1n) is 7.19. The maximum Gasteiger partial charge on any atom is 0.246 e. The molecule has 1 atom stereocenters. The Bertz CT molecular complexity index is 823. The average Bonchev–Trinajstić information content (AvgIpc) is 2.56. The number of hydrogen-bond donors (Lipinski definition) is 0. The van der Waals surface area contributed by atoms with Crippen molar-refractivity contribution in [3.63, 3.8) is 0 Å². The molecule has 1 amide bonds. The average molecular weight is 415 g/mol. The van der Waals surface area contributed by atoms with Crippen LogP contribution in [0.2, 0.25) is 0 Å². The molecule has 5 nitrogen and oxygen atoms in total. The van der Waals surface area contributed by atoms with Crippen molar-refractivity contribution in [1.82, 2.24) is 4.98 Å². The molecule has 0 saturated heterocycles. The van der Waals surface area contributed by atoms with Crippen LogP contribution in [0, 0.1) is 5.82 Å². The zero-order valence-electron chi connectivity index (χ0n) is 13.1. The Kier molecular flexibility index (Phi) is 5.71. The van der Waals surface area contributed by atoms with E-state index in [4.69, 9.17) is 0 Å². The van der Waals surface area contributed by atoms with Gasteiger partial charge in [0, 0.05) is 17.2 Å². The summed E-state index contributed by atoms with van der Waals surface area (Å²) >= 11 is 3.26. The van der Waals surface area contributed by atoms with Crippen LogP contribution >= 0.6 is 15.9 Å². The minimum atomic E-state index is -3.92. The van der Waals surface area contributed by atoms with Crippen LogP contribution in [-0.2, 0) is 14.6 Å². The SMILES string of the molecule is CCN(C(=O)C(C)S(=O)(=O)c1ccc(F)cc1)c1ccc(Br)cn1. The molecule has 0 aliphatic heterocycles. The minimum Gasteiger partial charge on any atom is -0.296 e. The van der Waals surface area contributed by atoms with Crippen molar-refractivity contribution in [3.8, 4) is 0 Å². The Morgan fingerprint density at radius 3 is 2.38 bits per heavy atom. The van der Waals surface area contributed by atoms with Crippen LogP contribution < -0.4 is 4.90 Å². The second-order valence-corrected chi connectivity index (χ2v) is 8.24. The van der Waals surface area contributed by atoms with E-state index in [1.54, 1.807) is 19.1 Å². The van der Waals surface area contributed by atoms with Gasteiger partial charge in [-0.1, -0.05) is 0 Å². The second-order valence-electron chi connectivity index (χ2n) is 5.06. The largest absolute Gasteiger partial charge is 0.296 e. The fourth-order valence-corrected chi connectivity index (χ4v) is 3.69. The van der Waals surface area contributed by atoms with E-state index in [9.17, 15) is 17.6 Å². The van der Waals surface area contributed by atoms with Gasteiger partial charge in [0.2, 0.25) is 5.91 Å². The number of hydrogen-bond acceptors (Lipinski definition) is 4. The molecule has 0 fully saturated rings. The lowest BCUT2D eigenvalue weighted by Gasteiger charge is -2.23. The van der Waals surface area contributed by atoms with Crippen LogP contribution in [0.4, 0.5) is 10.2 Å². The van der Waals surface area contributed by atoms with Crippen LogP contribution in [0.1, 0.15) is 13.8 Å². The second kappa shape index (κ2) is 7.40. The molecule has 0 spiro atoms. The molecule has 0 N–H and O–H groups in total. The number of carbonyl (C=O) groups is 1. The monoisotopic (exact) mass is 414 g/mol. The summed E-state index contributed by atoms with van der Waals surface area (Å²) in [6.45, 7) is 3.33. The van der Waals surface area contributed by atoms with Crippen molar-refractivity contribution in [3.05, 3.63) is 52.9 Å². The van der Waals surface area contributed by atoms with Crippen LogP contribution in [0.25, 0.3) is 0 Å². The molecule has 0 aliphatic rings. The zero-order chi connectivity index (χ0) is 17.9. The molecule has 2 aromatic rings. The molecule has 1 heterocycles. The predicted octanol–water partition coefficient (Wildman–Crippen LogP) is 3.20. The summed E-state index contributed by atoms with van der Waals surface area (Å²) in [6.07, 6.45) is 1.53. The number of aromatic nitrogens is 1. The number of benzene rings is 1. The van der Waals surface area contributed by atoms with E-state index in [0.29, 0.717) is 5.82 Å². The van der Waals surface area contributed by atoms with E-state index < -0.39 is 26.8 Å². The van der Waals surface area contributed by atoms with Gasteiger partial charge in [-0.15, -0.1) is 0 Å². The lowest BCUT2D eigenvalue weighted by Crippen LogP contribution is -2.42. The van der Waals surface area contributed by atoms with Crippen molar-refractivity contribution < 1.29 is 17.6 Å². The lowest BCUT2D eigenvalue weighted by atomic mass is 10.3. The number of halogens is 2. The van der Waals surface area contributed by atoms with Crippen LogP contribution in [0.5, 0.6) is 0 Å². The molecule has 24 heavy (non-hydrogen) atoms. The Morgan fingerprint density at radius 1 is 1.25 bits per heavy atom. The number of anilines is 1. The highest BCUT2D eigenvalue weighted by Gasteiger charge is 2.33. The number of rotatable bonds is 5. The van der Waals surface area contributed by atoms with E-state index in [-0.39, 0.29) is 11.4 Å². The van der Waals surface area contributed by atoms with E-state index >= 15 is 0 Å². The van der Waals surface area contributed by atoms with Crippen molar-refractivity contribution in [2.24, 2.45) is 0 Å². The zero-order valence-corrected chi connectivity index (χ0v) is 15.5. The molecule has 0 saturated carbocycles. The summed E-state index contributed by atoms with van der Waals surface area (Å²) in [7, 11) is -3.92. The summed E-state index contributed by atoms with van der Waals surface area (Å²) < 4.78 is 38.9. The highest BCUT2D eigenvalue weighted by atomic mass is 79.9. The van der Waals surface area contributed by atoms with Crippen LogP contribution in [-0.4, -0.2) is 31.1 Å². The van der Waals surface area contributed by atoms with Gasteiger partial charge >= 0.3 is 0 Å². The summed E-state index contributed by atoms with van der Waals surface area (Å²) in [4.78, 5) is 18.0. The highest BCUT2D eigenvalue weighted by Crippen LogP contribution is 2.21. The normalized spacial score (nSPS) is 12.7. The highest BCUT2D eigenvalue weighted by molar-refractivity contribution is 9.10. The van der Waals surface area contributed by atoms with E-state index in [0.717, 1.165) is 28.7 Å². The minimum absolute atomic E-state index is 0.0930. The molecular formula is C16H16BrFN2O3S. The molecule has 1 aromatic carbocycles. The number of sulfone groups is 1. The first kappa shape index (κ1) is 18.5. The maximum atomic E-state index is 13.0. The fraction of sp³-hybridized carbons (Fsp3) is 0.250. The van der Waals surface area contributed by atoms with Gasteiger partial charge in [-0.05, 0) is 66.2 Å². The van der Waals surface area contributed by atoms with Gasteiger partial charge in [0.25, 0.3) is 0 Å². The molecule has 0 radical (unpaired) electrons. The molecular weight excluding hydrogens is 399 g/mol. The third-order valence-electron chi connectivity index (χ3n) is 3.53. The van der Waals surface area contributed by atoms with Gasteiger partial charge in [0.15, 0.2) is 9.84 Å². The molecule has 1 aromatic heterocycles. The van der Waals surface area contributed by atoms with Gasteiger partial charge in [-0.3, -0.25) is 9.69 Å². The standard InChI is InChI=1S/C16H16BrFN2O3S/c1-3-20(15-9-4-12(17)10-19-15)16(21)11(2)24(22,23)14-7-5-13(18)6-8-14/h4-11H,3H2,1-2H3. The third kappa shape index (κ3) is 3.81. The molecule has 2 rings (SSSR count). The molecule has 0 aliphatic carbocycles. The lowest BCUT2D eigenvalue weighted by molar-refractivity contribution is -0.117. The topological polar surface area (TPSA) is 67.3 Å². The third-order valence-corrected chi connectivity index (χ3v) is 6.06. The van der Waals surface area contributed by atoms with Crippen LogP contribution in [0.3, 0.4) is 0 Å². The smallest absolute Gasteiger partial charge is 0.246 e. The Morgan fingerprint density at radius 2 is 1.88 bits per heavy atom. The summed E-state index contributed by atoms with van der Waals surface area (Å²) in [5.74, 6) is -0.759. The van der Waals surface area contributed by atoms with Gasteiger partial charge in [0.05, 0.1) is 4.90 Å². The Hall–Kier alpha value is -1.80. The van der Waals surface area contributed by atoms with Crippen LogP contribution in [0.15, 0.2) is 52.0 Å². The van der Waals surface area contributed by atoms with E-state index in [1.165, 1.54) is 18.0 Å². The number of amides is 1. The molecule has 8 heteroatoms. The predicted molar refractivity (Wildman–Crippen MR) is 93.0 cm³/mol. The van der Waals surface area contributed by atoms with E-state index in [2.05, 4.69) is 20.9 Å². The van der Waals surface area contributed by atoms with Gasteiger partial charge in [0.1, 0.15) is 16.9 Å². The summed E-state index contributed by atoms with van der Waals surface area (Å²) in [5, 5.41) is -1.31. The fourth-order valence-electron chi connectivity index (χ4n) is 2.14. The summed E-state index contributed by atoms with van der Waals surface area (Å²) in [6, 6.07) is 7.77. The first-order chi connectivity index (χ1) is 11.3. The van der Waals surface area contributed by atoms with Gasteiger partial charge in [-0.2, -0.15) is 0 Å². The van der Waals surface area contributed by atoms with E-state index in [1.807, 2.05) is 0 Å². The number of nitrogens with zero attached hydrogens (tertiary/aromatic N) is 2. The van der Waals surface area contributed by atoms with Crippen molar-refractivity contribution in [1.29, 1.82) is 0 Å². The Labute approximate surface area is 148 Å². The summed E-state index contributed by atoms with van der Waals surface area (Å²) in [5.41, 5.74) is 0. The quantitative estimate of drug-likeness (QED) is 0.704.